The summed E-state index contributed by atoms with van der Waals surface area (Å²) in [4.78, 5) is 10.7. The lowest BCUT2D eigenvalue weighted by Crippen LogP contribution is -2.18. The van der Waals surface area contributed by atoms with Gasteiger partial charge >= 0.3 is 6.18 Å². The Morgan fingerprint density at radius 2 is 1.69 bits per heavy atom. The van der Waals surface area contributed by atoms with Gasteiger partial charge in [0.15, 0.2) is 0 Å². The van der Waals surface area contributed by atoms with Crippen LogP contribution >= 0.6 is 11.6 Å². The molecule has 0 aliphatic heterocycles. The van der Waals surface area contributed by atoms with Crippen LogP contribution in [0.25, 0.3) is 6.08 Å². The van der Waals surface area contributed by atoms with Gasteiger partial charge in [0.1, 0.15) is 0 Å². The van der Waals surface area contributed by atoms with Crippen molar-refractivity contribution in [2.45, 2.75) is 6.18 Å². The molecule has 140 valence electrons. The van der Waals surface area contributed by atoms with E-state index in [1.807, 2.05) is 6.07 Å². The highest BCUT2D eigenvalue weighted by Gasteiger charge is 2.34. The van der Waals surface area contributed by atoms with E-state index < -0.39 is 33.3 Å². The third kappa shape index (κ3) is 7.68. The van der Waals surface area contributed by atoms with Crippen molar-refractivity contribution >= 4 is 33.7 Å². The number of carbonyl (C=O) groups excluding carboxylic acids is 1. The summed E-state index contributed by atoms with van der Waals surface area (Å²) in [6, 6.07) is 11.7. The molecule has 3 N–H and O–H groups in total. The highest BCUT2D eigenvalue weighted by atomic mass is 35.5. The van der Waals surface area contributed by atoms with Gasteiger partial charge in [0.05, 0.1) is 16.5 Å². The van der Waals surface area contributed by atoms with Crippen LogP contribution in [0.1, 0.15) is 21.5 Å². The zero-order chi connectivity index (χ0) is 20.0. The second-order valence-corrected chi connectivity index (χ2v) is 6.52. The number of alkyl halides is 3. The van der Waals surface area contributed by atoms with Gasteiger partial charge in [-0.3, -0.25) is 9.35 Å². The van der Waals surface area contributed by atoms with E-state index in [0.29, 0.717) is 6.07 Å². The molecule has 2 aromatic rings. The van der Waals surface area contributed by atoms with Crippen molar-refractivity contribution in [3.63, 3.8) is 0 Å². The third-order valence-electron chi connectivity index (χ3n) is 2.78. The molecule has 2 rings (SSSR count). The molecule has 0 bridgehead atoms. The predicted octanol–water partition coefficient (Wildman–Crippen LogP) is 4.00. The normalized spacial score (nSPS) is 11.7. The maximum absolute atomic E-state index is 12.3. The molecule has 0 radical (unpaired) electrons. The second kappa shape index (κ2) is 8.84. The number of hydrogen-bond acceptors (Lipinski definition) is 3. The zero-order valence-corrected chi connectivity index (χ0v) is 14.5. The maximum atomic E-state index is 12.3. The number of rotatable bonds is 3. The van der Waals surface area contributed by atoms with E-state index in [9.17, 15) is 26.4 Å². The van der Waals surface area contributed by atoms with E-state index in [1.165, 1.54) is 12.1 Å². The minimum Gasteiger partial charge on any atom is -0.366 e. The zero-order valence-electron chi connectivity index (χ0n) is 12.9. The molecule has 26 heavy (non-hydrogen) atoms. The van der Waals surface area contributed by atoms with Gasteiger partial charge < -0.3 is 5.73 Å². The number of nitrogens with two attached hydrogens (primary N) is 1. The minimum absolute atomic E-state index is 0.0951. The van der Waals surface area contributed by atoms with Crippen LogP contribution in [0.4, 0.5) is 13.2 Å². The molecule has 0 unspecified atom stereocenters. The van der Waals surface area contributed by atoms with E-state index in [2.05, 4.69) is 0 Å². The summed E-state index contributed by atoms with van der Waals surface area (Å²) < 4.78 is 65.9. The molecule has 2 aromatic carbocycles. The molecular formula is C16H13ClF3NO4S. The summed E-state index contributed by atoms with van der Waals surface area (Å²) in [5.41, 5.74) is 3.82. The number of hydrogen-bond donors (Lipinski definition) is 2. The van der Waals surface area contributed by atoms with Crippen LogP contribution in [0, 0.1) is 0 Å². The summed E-state index contributed by atoms with van der Waals surface area (Å²) in [5.74, 6) is -1.13. The first-order chi connectivity index (χ1) is 11.9. The number of amides is 1. The van der Waals surface area contributed by atoms with Gasteiger partial charge in [-0.1, -0.05) is 41.9 Å². The van der Waals surface area contributed by atoms with Crippen molar-refractivity contribution in [1.82, 2.24) is 0 Å². The van der Waals surface area contributed by atoms with Crippen LogP contribution < -0.4 is 5.73 Å². The first kappa shape index (κ1) is 21.7. The second-order valence-electron chi connectivity index (χ2n) is 4.78. The van der Waals surface area contributed by atoms with Crippen molar-refractivity contribution in [2.75, 3.05) is 0 Å². The topological polar surface area (TPSA) is 97.5 Å². The van der Waals surface area contributed by atoms with Crippen molar-refractivity contribution in [2.24, 2.45) is 5.73 Å². The summed E-state index contributed by atoms with van der Waals surface area (Å²) >= 11 is 5.38. The van der Waals surface area contributed by atoms with Crippen LogP contribution in [-0.4, -0.2) is 18.9 Å². The molecular weight excluding hydrogens is 395 g/mol. The van der Waals surface area contributed by atoms with E-state index in [4.69, 9.17) is 21.9 Å². The van der Waals surface area contributed by atoms with Crippen molar-refractivity contribution in [1.29, 1.82) is 0 Å². The lowest BCUT2D eigenvalue weighted by molar-refractivity contribution is -0.137. The van der Waals surface area contributed by atoms with E-state index >= 15 is 0 Å². The lowest BCUT2D eigenvalue weighted by atomic mass is 10.1. The Hall–Kier alpha value is -2.36. The van der Waals surface area contributed by atoms with Crippen molar-refractivity contribution < 1.29 is 30.9 Å². The average molecular weight is 408 g/mol. The Balaban J connectivity index is 0.000000263. The number of benzene rings is 2. The van der Waals surface area contributed by atoms with Crippen LogP contribution in [0.2, 0.25) is 5.02 Å². The molecule has 1 amide bonds. The van der Waals surface area contributed by atoms with Crippen LogP contribution in [0.15, 0.2) is 53.9 Å². The van der Waals surface area contributed by atoms with Gasteiger partial charge in [-0.2, -0.15) is 21.6 Å². The molecule has 0 saturated carbocycles. The van der Waals surface area contributed by atoms with Crippen molar-refractivity contribution in [3.05, 3.63) is 75.7 Å². The van der Waals surface area contributed by atoms with Crippen LogP contribution in [-0.2, 0) is 16.3 Å². The molecule has 0 aliphatic rings. The Labute approximate surface area is 152 Å². The Kier molecular flexibility index (Phi) is 7.37. The average Bonchev–Trinajstić information content (AvgIpc) is 2.53. The van der Waals surface area contributed by atoms with E-state index in [-0.39, 0.29) is 5.02 Å². The molecule has 10 heteroatoms. The molecule has 0 aliphatic carbocycles. The standard InChI is InChI=1S/C8H5ClF3NO.C8H8O3S/c9-4-1-2-5(7(13)14)6(3-4)8(10,11)12;9-12(10,11)7-6-8-4-2-1-3-5-8/h1-3H,(H2,13,14);1-7H,(H,9,10,11)/b;7-6+. The first-order valence-electron chi connectivity index (χ1n) is 6.77. The third-order valence-corrected chi connectivity index (χ3v) is 3.50. The molecule has 0 saturated heterocycles. The molecule has 0 aromatic heterocycles. The number of carbonyl (C=O) groups is 1. The smallest absolute Gasteiger partial charge is 0.366 e. The quantitative estimate of drug-likeness (QED) is 0.751. The summed E-state index contributed by atoms with van der Waals surface area (Å²) in [6.07, 6.45) is -3.30. The fourth-order valence-electron chi connectivity index (χ4n) is 1.69. The van der Waals surface area contributed by atoms with E-state index in [0.717, 1.165) is 17.0 Å². The first-order valence-corrected chi connectivity index (χ1v) is 8.65. The molecule has 0 spiro atoms. The number of primary amides is 1. The van der Waals surface area contributed by atoms with Gasteiger partial charge in [0.25, 0.3) is 10.1 Å². The lowest BCUT2D eigenvalue weighted by Gasteiger charge is -2.10. The fourth-order valence-corrected chi connectivity index (χ4v) is 2.20. The van der Waals surface area contributed by atoms with Crippen molar-refractivity contribution in [3.8, 4) is 0 Å². The summed E-state index contributed by atoms with van der Waals surface area (Å²) in [6.45, 7) is 0. The van der Waals surface area contributed by atoms with Crippen LogP contribution in [0.5, 0.6) is 0 Å². The maximum Gasteiger partial charge on any atom is 0.417 e. The SMILES string of the molecule is NC(=O)c1ccc(Cl)cc1C(F)(F)F.O=S(=O)(O)/C=C/c1ccccc1. The minimum atomic E-state index is -4.63. The predicted molar refractivity (Wildman–Crippen MR) is 92.0 cm³/mol. The number of halogens is 4. The Morgan fingerprint density at radius 1 is 1.12 bits per heavy atom. The molecule has 0 fully saturated rings. The van der Waals surface area contributed by atoms with Gasteiger partial charge in [-0.25, -0.2) is 0 Å². The summed E-state index contributed by atoms with van der Waals surface area (Å²) in [7, 11) is -4.00. The van der Waals surface area contributed by atoms with Gasteiger partial charge in [-0.15, -0.1) is 0 Å². The van der Waals surface area contributed by atoms with Gasteiger partial charge in [0, 0.05) is 5.02 Å². The highest BCUT2D eigenvalue weighted by molar-refractivity contribution is 7.88. The Morgan fingerprint density at radius 3 is 2.15 bits per heavy atom. The Bertz CT molecular complexity index is 897. The fraction of sp³-hybridized carbons (Fsp3) is 0.0625. The van der Waals surface area contributed by atoms with E-state index in [1.54, 1.807) is 24.3 Å². The monoisotopic (exact) mass is 407 g/mol. The highest BCUT2D eigenvalue weighted by Crippen LogP contribution is 2.33. The molecule has 0 atom stereocenters. The van der Waals surface area contributed by atoms with Crippen LogP contribution in [0.3, 0.4) is 0 Å². The van der Waals surface area contributed by atoms with Gasteiger partial charge in [-0.05, 0) is 29.8 Å². The molecule has 0 heterocycles. The molecule has 5 nitrogen and oxygen atoms in total. The summed E-state index contributed by atoms with van der Waals surface area (Å²) in [5, 5.41) is 0.657. The largest absolute Gasteiger partial charge is 0.417 e. The van der Waals surface area contributed by atoms with Gasteiger partial charge in [0.2, 0.25) is 5.91 Å².